The van der Waals surface area contributed by atoms with E-state index in [9.17, 15) is 4.79 Å². The number of aromatic nitrogens is 3. The van der Waals surface area contributed by atoms with Crippen molar-refractivity contribution in [2.75, 3.05) is 5.75 Å². The smallest absolute Gasteiger partial charge is 0.230 e. The number of amides is 1. The van der Waals surface area contributed by atoms with Crippen molar-refractivity contribution < 1.29 is 4.79 Å². The van der Waals surface area contributed by atoms with E-state index in [1.54, 1.807) is 0 Å². The van der Waals surface area contributed by atoms with Gasteiger partial charge in [0.05, 0.1) is 5.75 Å². The number of hydrogen-bond acceptors (Lipinski definition) is 4. The van der Waals surface area contributed by atoms with E-state index in [-0.39, 0.29) is 5.91 Å². The fourth-order valence-corrected chi connectivity index (χ4v) is 3.80. The SMILES string of the molecule is CC(C)c1nnc(SCC(=O)NC2CCCCC2)n1C(C)C. The lowest BCUT2D eigenvalue weighted by Crippen LogP contribution is -2.37. The van der Waals surface area contributed by atoms with Gasteiger partial charge in [-0.25, -0.2) is 0 Å². The Labute approximate surface area is 137 Å². The third kappa shape index (κ3) is 4.48. The minimum absolute atomic E-state index is 0.112. The molecule has 1 amide bonds. The van der Waals surface area contributed by atoms with Crippen LogP contribution >= 0.6 is 11.8 Å². The summed E-state index contributed by atoms with van der Waals surface area (Å²) in [6.07, 6.45) is 6.01. The van der Waals surface area contributed by atoms with Crippen LogP contribution < -0.4 is 5.32 Å². The first-order valence-corrected chi connectivity index (χ1v) is 9.34. The molecule has 1 aliphatic rings. The fraction of sp³-hybridized carbons (Fsp3) is 0.812. The van der Waals surface area contributed by atoms with Gasteiger partial charge in [-0.15, -0.1) is 10.2 Å². The third-order valence-electron chi connectivity index (χ3n) is 4.03. The predicted molar refractivity (Wildman–Crippen MR) is 90.2 cm³/mol. The van der Waals surface area contributed by atoms with Gasteiger partial charge in [0.15, 0.2) is 5.16 Å². The van der Waals surface area contributed by atoms with Gasteiger partial charge in [0.2, 0.25) is 5.91 Å². The van der Waals surface area contributed by atoms with Crippen molar-refractivity contribution in [3.63, 3.8) is 0 Å². The molecule has 0 atom stereocenters. The molecule has 1 aromatic heterocycles. The summed E-state index contributed by atoms with van der Waals surface area (Å²) in [6.45, 7) is 8.49. The monoisotopic (exact) mass is 324 g/mol. The molecule has 0 aliphatic heterocycles. The van der Waals surface area contributed by atoms with Crippen molar-refractivity contribution in [1.29, 1.82) is 0 Å². The number of nitrogens with one attached hydrogen (secondary N) is 1. The van der Waals surface area contributed by atoms with Gasteiger partial charge < -0.3 is 9.88 Å². The summed E-state index contributed by atoms with van der Waals surface area (Å²) in [4.78, 5) is 12.1. The van der Waals surface area contributed by atoms with Gasteiger partial charge in [0.1, 0.15) is 5.82 Å². The summed E-state index contributed by atoms with van der Waals surface area (Å²) >= 11 is 1.49. The molecule has 22 heavy (non-hydrogen) atoms. The van der Waals surface area contributed by atoms with Crippen LogP contribution in [0.25, 0.3) is 0 Å². The molecule has 0 unspecified atom stereocenters. The van der Waals surface area contributed by atoms with E-state index in [0.29, 0.717) is 23.8 Å². The molecule has 1 fully saturated rings. The second-order valence-electron chi connectivity index (χ2n) is 6.65. The average Bonchev–Trinajstić information content (AvgIpc) is 2.90. The number of carbonyl (C=O) groups excluding carboxylic acids is 1. The summed E-state index contributed by atoms with van der Waals surface area (Å²) in [5.41, 5.74) is 0. The van der Waals surface area contributed by atoms with Crippen molar-refractivity contribution in [1.82, 2.24) is 20.1 Å². The zero-order chi connectivity index (χ0) is 16.1. The maximum Gasteiger partial charge on any atom is 0.230 e. The standard InChI is InChI=1S/C16H28N4OS/c1-11(2)15-18-19-16(20(15)12(3)4)22-10-14(21)17-13-8-6-5-7-9-13/h11-13H,5-10H2,1-4H3,(H,17,21). The highest BCUT2D eigenvalue weighted by Gasteiger charge is 2.20. The lowest BCUT2D eigenvalue weighted by molar-refractivity contribution is -0.119. The molecule has 0 bridgehead atoms. The molecule has 0 spiro atoms. The Balaban J connectivity index is 1.92. The number of hydrogen-bond donors (Lipinski definition) is 1. The quantitative estimate of drug-likeness (QED) is 0.813. The normalized spacial score (nSPS) is 16.5. The summed E-state index contributed by atoms with van der Waals surface area (Å²) in [6, 6.07) is 0.673. The van der Waals surface area contributed by atoms with E-state index in [4.69, 9.17) is 0 Å². The molecule has 5 nitrogen and oxygen atoms in total. The van der Waals surface area contributed by atoms with Crippen LogP contribution in [0.4, 0.5) is 0 Å². The second kappa shape index (κ2) is 7.99. The largest absolute Gasteiger partial charge is 0.353 e. The topological polar surface area (TPSA) is 59.8 Å². The van der Waals surface area contributed by atoms with Gasteiger partial charge in [-0.3, -0.25) is 4.79 Å². The Hall–Kier alpha value is -1.04. The number of nitrogens with zero attached hydrogens (tertiary/aromatic N) is 3. The molecular formula is C16H28N4OS. The summed E-state index contributed by atoms with van der Waals surface area (Å²) in [5, 5.41) is 12.6. The molecule has 0 aromatic carbocycles. The summed E-state index contributed by atoms with van der Waals surface area (Å²) < 4.78 is 2.14. The number of carbonyl (C=O) groups is 1. The predicted octanol–water partition coefficient (Wildman–Crippen LogP) is 3.52. The van der Waals surface area contributed by atoms with E-state index in [0.717, 1.165) is 23.8 Å². The van der Waals surface area contributed by atoms with Gasteiger partial charge in [0, 0.05) is 18.0 Å². The van der Waals surface area contributed by atoms with E-state index >= 15 is 0 Å². The van der Waals surface area contributed by atoms with Crippen LogP contribution in [-0.2, 0) is 4.79 Å². The van der Waals surface area contributed by atoms with Crippen LogP contribution in [0.3, 0.4) is 0 Å². The highest BCUT2D eigenvalue weighted by molar-refractivity contribution is 7.99. The maximum absolute atomic E-state index is 12.1. The summed E-state index contributed by atoms with van der Waals surface area (Å²) in [7, 11) is 0. The van der Waals surface area contributed by atoms with Crippen molar-refractivity contribution in [3.05, 3.63) is 5.82 Å². The minimum atomic E-state index is 0.112. The van der Waals surface area contributed by atoms with Crippen LogP contribution in [0.2, 0.25) is 0 Å². The Morgan fingerprint density at radius 2 is 1.91 bits per heavy atom. The van der Waals surface area contributed by atoms with E-state index < -0.39 is 0 Å². The maximum atomic E-state index is 12.1. The molecular weight excluding hydrogens is 296 g/mol. The zero-order valence-electron chi connectivity index (χ0n) is 14.1. The first kappa shape index (κ1) is 17.3. The Bertz CT molecular complexity index is 492. The van der Waals surface area contributed by atoms with Crippen molar-refractivity contribution >= 4 is 17.7 Å². The molecule has 1 heterocycles. The van der Waals surface area contributed by atoms with Gasteiger partial charge in [-0.1, -0.05) is 44.9 Å². The van der Waals surface area contributed by atoms with Crippen LogP contribution in [0, 0.1) is 0 Å². The molecule has 1 saturated carbocycles. The second-order valence-corrected chi connectivity index (χ2v) is 7.59. The van der Waals surface area contributed by atoms with Crippen LogP contribution in [0.1, 0.15) is 77.6 Å². The van der Waals surface area contributed by atoms with Crippen LogP contribution in [0.15, 0.2) is 5.16 Å². The minimum Gasteiger partial charge on any atom is -0.353 e. The van der Waals surface area contributed by atoms with E-state index in [1.165, 1.54) is 31.0 Å². The van der Waals surface area contributed by atoms with Crippen molar-refractivity contribution in [2.24, 2.45) is 0 Å². The van der Waals surface area contributed by atoms with Gasteiger partial charge in [-0.05, 0) is 26.7 Å². The van der Waals surface area contributed by atoms with E-state index in [2.05, 4.69) is 47.8 Å². The highest BCUT2D eigenvalue weighted by Crippen LogP contribution is 2.25. The Morgan fingerprint density at radius 3 is 2.50 bits per heavy atom. The average molecular weight is 324 g/mol. The lowest BCUT2D eigenvalue weighted by atomic mass is 9.95. The third-order valence-corrected chi connectivity index (χ3v) is 4.97. The number of rotatable bonds is 6. The Kier molecular flexibility index (Phi) is 6.29. The van der Waals surface area contributed by atoms with Gasteiger partial charge in [-0.2, -0.15) is 0 Å². The van der Waals surface area contributed by atoms with E-state index in [1.807, 2.05) is 0 Å². The zero-order valence-corrected chi connectivity index (χ0v) is 14.9. The highest BCUT2D eigenvalue weighted by atomic mass is 32.2. The van der Waals surface area contributed by atoms with Gasteiger partial charge in [0.25, 0.3) is 0 Å². The van der Waals surface area contributed by atoms with Crippen molar-refractivity contribution in [2.45, 2.75) is 83.0 Å². The van der Waals surface area contributed by atoms with Crippen LogP contribution in [-0.4, -0.2) is 32.5 Å². The summed E-state index contributed by atoms with van der Waals surface area (Å²) in [5.74, 6) is 1.85. The molecule has 0 radical (unpaired) electrons. The van der Waals surface area contributed by atoms with Crippen LogP contribution in [0.5, 0.6) is 0 Å². The fourth-order valence-electron chi connectivity index (χ4n) is 2.91. The van der Waals surface area contributed by atoms with Crippen molar-refractivity contribution in [3.8, 4) is 0 Å². The molecule has 1 N–H and O–H groups in total. The molecule has 124 valence electrons. The molecule has 6 heteroatoms. The van der Waals surface area contributed by atoms with Gasteiger partial charge >= 0.3 is 0 Å². The lowest BCUT2D eigenvalue weighted by Gasteiger charge is -2.22. The molecule has 0 saturated heterocycles. The molecule has 1 aliphatic carbocycles. The Morgan fingerprint density at radius 1 is 1.23 bits per heavy atom. The first-order valence-electron chi connectivity index (χ1n) is 8.36. The molecule has 2 rings (SSSR count). The molecule has 1 aromatic rings. The number of thioether (sulfide) groups is 1. The first-order chi connectivity index (χ1) is 10.5.